The van der Waals surface area contributed by atoms with Crippen LogP contribution in [0.1, 0.15) is 38.2 Å². The van der Waals surface area contributed by atoms with Crippen molar-refractivity contribution in [3.63, 3.8) is 0 Å². The summed E-state index contributed by atoms with van der Waals surface area (Å²) in [4.78, 5) is 4.05. The Kier molecular flexibility index (Phi) is 3.18. The van der Waals surface area contributed by atoms with Crippen LogP contribution < -0.4 is 0 Å². The van der Waals surface area contributed by atoms with Crippen molar-refractivity contribution in [1.29, 1.82) is 0 Å². The van der Waals surface area contributed by atoms with Crippen LogP contribution in [0.5, 0.6) is 0 Å². The summed E-state index contributed by atoms with van der Waals surface area (Å²) in [6.07, 6.45) is 10.8. The minimum absolute atomic E-state index is 0.925. The van der Waals surface area contributed by atoms with Crippen LogP contribution >= 0.6 is 0 Å². The molecule has 2 rings (SSSR count). The summed E-state index contributed by atoms with van der Waals surface area (Å²) in [6, 6.07) is 4.30. The Bertz CT molecular complexity index is 260. The van der Waals surface area contributed by atoms with Crippen LogP contribution in [0, 0.1) is 11.8 Å². The Labute approximate surface area is 86.6 Å². The van der Waals surface area contributed by atoms with Gasteiger partial charge in [-0.05, 0) is 48.8 Å². The van der Waals surface area contributed by atoms with E-state index < -0.39 is 0 Å². The van der Waals surface area contributed by atoms with Crippen molar-refractivity contribution in [2.45, 2.75) is 39.0 Å². The second-order valence-corrected chi connectivity index (χ2v) is 4.69. The van der Waals surface area contributed by atoms with Gasteiger partial charge in [0.2, 0.25) is 0 Å². The first-order valence-corrected chi connectivity index (χ1v) is 5.73. The largest absolute Gasteiger partial charge is 0.265 e. The fraction of sp³-hybridized carbons (Fsp3) is 0.615. The van der Waals surface area contributed by atoms with E-state index in [0.29, 0.717) is 0 Å². The van der Waals surface area contributed by atoms with Crippen LogP contribution in [0.15, 0.2) is 24.5 Å². The number of pyridine rings is 1. The molecule has 1 aliphatic rings. The topological polar surface area (TPSA) is 12.9 Å². The van der Waals surface area contributed by atoms with E-state index in [9.17, 15) is 0 Å². The van der Waals surface area contributed by atoms with Crippen LogP contribution in [-0.4, -0.2) is 4.98 Å². The van der Waals surface area contributed by atoms with E-state index in [1.54, 1.807) is 0 Å². The summed E-state index contributed by atoms with van der Waals surface area (Å²) in [6.45, 7) is 2.38. The molecule has 1 aromatic heterocycles. The van der Waals surface area contributed by atoms with E-state index in [0.717, 1.165) is 11.8 Å². The van der Waals surface area contributed by atoms with Gasteiger partial charge in [0.15, 0.2) is 0 Å². The second kappa shape index (κ2) is 4.59. The lowest BCUT2D eigenvalue weighted by Gasteiger charge is -2.26. The van der Waals surface area contributed by atoms with E-state index in [1.165, 1.54) is 37.7 Å². The standard InChI is InChI=1S/C13H19N/c1-11-2-4-12(5-3-11)10-13-6-8-14-9-7-13/h6-9,11-12H,2-5,10H2,1H3. The van der Waals surface area contributed by atoms with Gasteiger partial charge in [-0.3, -0.25) is 4.98 Å². The summed E-state index contributed by atoms with van der Waals surface area (Å²) in [5.41, 5.74) is 1.46. The highest BCUT2D eigenvalue weighted by Crippen LogP contribution is 2.30. The van der Waals surface area contributed by atoms with Crippen molar-refractivity contribution >= 4 is 0 Å². The first-order valence-electron chi connectivity index (χ1n) is 5.73. The molecule has 0 saturated heterocycles. The summed E-state index contributed by atoms with van der Waals surface area (Å²) in [7, 11) is 0. The first kappa shape index (κ1) is 9.70. The van der Waals surface area contributed by atoms with Crippen molar-refractivity contribution in [3.8, 4) is 0 Å². The van der Waals surface area contributed by atoms with Crippen molar-refractivity contribution in [1.82, 2.24) is 4.98 Å². The molecule has 0 bridgehead atoms. The summed E-state index contributed by atoms with van der Waals surface area (Å²) >= 11 is 0. The van der Waals surface area contributed by atoms with E-state index in [-0.39, 0.29) is 0 Å². The van der Waals surface area contributed by atoms with Crippen LogP contribution in [-0.2, 0) is 6.42 Å². The Morgan fingerprint density at radius 1 is 1.14 bits per heavy atom. The molecule has 0 radical (unpaired) electrons. The zero-order valence-corrected chi connectivity index (χ0v) is 8.95. The summed E-state index contributed by atoms with van der Waals surface area (Å²) < 4.78 is 0. The molecule has 0 unspecified atom stereocenters. The Morgan fingerprint density at radius 3 is 2.43 bits per heavy atom. The third kappa shape index (κ3) is 2.57. The highest BCUT2D eigenvalue weighted by atomic mass is 14.6. The zero-order chi connectivity index (χ0) is 9.80. The number of aromatic nitrogens is 1. The SMILES string of the molecule is CC1CCC(Cc2ccncc2)CC1. The molecule has 1 aromatic rings. The maximum absolute atomic E-state index is 4.05. The molecule has 1 aliphatic carbocycles. The number of rotatable bonds is 2. The van der Waals surface area contributed by atoms with Gasteiger partial charge in [0.05, 0.1) is 0 Å². The van der Waals surface area contributed by atoms with Gasteiger partial charge in [0.25, 0.3) is 0 Å². The van der Waals surface area contributed by atoms with Gasteiger partial charge in [-0.2, -0.15) is 0 Å². The quantitative estimate of drug-likeness (QED) is 0.694. The van der Waals surface area contributed by atoms with E-state index >= 15 is 0 Å². The highest BCUT2D eigenvalue weighted by Gasteiger charge is 2.17. The molecular formula is C13H19N. The average Bonchev–Trinajstić information content (AvgIpc) is 2.23. The number of nitrogens with zero attached hydrogens (tertiary/aromatic N) is 1. The molecule has 1 saturated carbocycles. The minimum Gasteiger partial charge on any atom is -0.265 e. The van der Waals surface area contributed by atoms with Crippen molar-refractivity contribution < 1.29 is 0 Å². The summed E-state index contributed by atoms with van der Waals surface area (Å²) in [5.74, 6) is 1.89. The lowest BCUT2D eigenvalue weighted by molar-refractivity contribution is 0.289. The van der Waals surface area contributed by atoms with Gasteiger partial charge in [-0.1, -0.05) is 19.8 Å². The normalized spacial score (nSPS) is 27.5. The maximum Gasteiger partial charge on any atom is 0.0270 e. The first-order chi connectivity index (χ1) is 6.84. The van der Waals surface area contributed by atoms with Gasteiger partial charge < -0.3 is 0 Å². The molecule has 14 heavy (non-hydrogen) atoms. The van der Waals surface area contributed by atoms with Crippen LogP contribution in [0.25, 0.3) is 0 Å². The molecule has 0 N–H and O–H groups in total. The third-order valence-electron chi connectivity index (χ3n) is 3.41. The van der Waals surface area contributed by atoms with Crippen molar-refractivity contribution in [2.75, 3.05) is 0 Å². The molecule has 0 atom stereocenters. The molecule has 0 aliphatic heterocycles. The average molecular weight is 189 g/mol. The molecule has 0 spiro atoms. The molecule has 76 valence electrons. The molecule has 1 heteroatoms. The van der Waals surface area contributed by atoms with E-state index in [1.807, 2.05) is 12.4 Å². The number of hydrogen-bond acceptors (Lipinski definition) is 1. The minimum atomic E-state index is 0.925. The smallest absolute Gasteiger partial charge is 0.0270 e. The predicted molar refractivity (Wildman–Crippen MR) is 59.1 cm³/mol. The number of hydrogen-bond donors (Lipinski definition) is 0. The Balaban J connectivity index is 1.87. The van der Waals surface area contributed by atoms with Crippen molar-refractivity contribution in [2.24, 2.45) is 11.8 Å². The fourth-order valence-corrected chi connectivity index (χ4v) is 2.39. The van der Waals surface area contributed by atoms with Gasteiger partial charge in [0.1, 0.15) is 0 Å². The third-order valence-corrected chi connectivity index (χ3v) is 3.41. The maximum atomic E-state index is 4.05. The van der Waals surface area contributed by atoms with Crippen molar-refractivity contribution in [3.05, 3.63) is 30.1 Å². The van der Waals surface area contributed by atoms with Crippen LogP contribution in [0.4, 0.5) is 0 Å². The Hall–Kier alpha value is -0.850. The monoisotopic (exact) mass is 189 g/mol. The zero-order valence-electron chi connectivity index (χ0n) is 8.95. The second-order valence-electron chi connectivity index (χ2n) is 4.69. The van der Waals surface area contributed by atoms with Gasteiger partial charge in [-0.25, -0.2) is 0 Å². The molecule has 1 nitrogen and oxygen atoms in total. The van der Waals surface area contributed by atoms with Gasteiger partial charge >= 0.3 is 0 Å². The molecule has 1 fully saturated rings. The van der Waals surface area contributed by atoms with E-state index in [4.69, 9.17) is 0 Å². The lowest BCUT2D eigenvalue weighted by Crippen LogP contribution is -2.14. The summed E-state index contributed by atoms with van der Waals surface area (Å²) in [5, 5.41) is 0. The fourth-order valence-electron chi connectivity index (χ4n) is 2.39. The molecule has 0 amide bonds. The van der Waals surface area contributed by atoms with Crippen LogP contribution in [0.3, 0.4) is 0 Å². The van der Waals surface area contributed by atoms with E-state index in [2.05, 4.69) is 24.0 Å². The Morgan fingerprint density at radius 2 is 1.79 bits per heavy atom. The predicted octanol–water partition coefficient (Wildman–Crippen LogP) is 3.45. The lowest BCUT2D eigenvalue weighted by atomic mass is 9.80. The molecule has 1 heterocycles. The highest BCUT2D eigenvalue weighted by molar-refractivity contribution is 5.10. The van der Waals surface area contributed by atoms with Gasteiger partial charge in [0, 0.05) is 12.4 Å². The van der Waals surface area contributed by atoms with Crippen LogP contribution in [0.2, 0.25) is 0 Å². The molecule has 0 aromatic carbocycles. The molecular weight excluding hydrogens is 170 g/mol. The van der Waals surface area contributed by atoms with Gasteiger partial charge in [-0.15, -0.1) is 0 Å².